The van der Waals surface area contributed by atoms with E-state index in [0.29, 0.717) is 32.5 Å². The van der Waals surface area contributed by atoms with Gasteiger partial charge in [-0.25, -0.2) is 4.79 Å². The molecule has 1 atom stereocenters. The number of carbonyl (C=O) groups excluding carboxylic acids is 2. The number of carboxylic acids is 1. The van der Waals surface area contributed by atoms with Crippen molar-refractivity contribution < 1.29 is 19.5 Å². The van der Waals surface area contributed by atoms with Crippen molar-refractivity contribution in [3.8, 4) is 0 Å². The molecule has 0 bridgehead atoms. The highest BCUT2D eigenvalue weighted by molar-refractivity contribution is 5.85. The van der Waals surface area contributed by atoms with Crippen molar-refractivity contribution in [3.05, 3.63) is 0 Å². The molecule has 6 heteroatoms. The van der Waals surface area contributed by atoms with E-state index in [4.69, 9.17) is 5.11 Å². The Kier molecular flexibility index (Phi) is 4.98. The minimum atomic E-state index is -0.929. The van der Waals surface area contributed by atoms with Gasteiger partial charge in [-0.1, -0.05) is 6.42 Å². The van der Waals surface area contributed by atoms with Crippen molar-refractivity contribution in [2.75, 3.05) is 19.6 Å². The number of nitrogens with zero attached hydrogens (tertiary/aromatic N) is 2. The average molecular weight is 282 g/mol. The molecule has 0 saturated carbocycles. The van der Waals surface area contributed by atoms with Gasteiger partial charge in [0.05, 0.1) is 0 Å². The van der Waals surface area contributed by atoms with Gasteiger partial charge in [0.1, 0.15) is 6.04 Å². The second kappa shape index (κ2) is 6.72. The molecule has 2 rings (SSSR count). The number of likely N-dealkylation sites (tertiary alicyclic amines) is 2. The van der Waals surface area contributed by atoms with E-state index in [0.717, 1.165) is 25.7 Å². The molecule has 2 heterocycles. The second-order valence-corrected chi connectivity index (χ2v) is 5.52. The highest BCUT2D eigenvalue weighted by Crippen LogP contribution is 2.19. The van der Waals surface area contributed by atoms with Gasteiger partial charge in [0.25, 0.3) is 0 Å². The molecule has 2 amide bonds. The summed E-state index contributed by atoms with van der Waals surface area (Å²) >= 11 is 0. The van der Waals surface area contributed by atoms with Gasteiger partial charge in [0, 0.05) is 32.5 Å². The quantitative estimate of drug-likeness (QED) is 0.829. The maximum Gasteiger partial charge on any atom is 0.326 e. The van der Waals surface area contributed by atoms with Crippen molar-refractivity contribution in [1.29, 1.82) is 0 Å². The van der Waals surface area contributed by atoms with Crippen LogP contribution in [-0.2, 0) is 14.4 Å². The van der Waals surface area contributed by atoms with Crippen LogP contribution in [0, 0.1) is 0 Å². The number of amides is 2. The first-order valence-electron chi connectivity index (χ1n) is 7.39. The minimum absolute atomic E-state index is 0.117. The van der Waals surface area contributed by atoms with E-state index < -0.39 is 12.0 Å². The van der Waals surface area contributed by atoms with Gasteiger partial charge in [-0.2, -0.15) is 0 Å². The molecule has 2 aliphatic heterocycles. The van der Waals surface area contributed by atoms with Crippen LogP contribution in [0.1, 0.15) is 44.9 Å². The SMILES string of the molecule is O=C(O)[C@H]1CCCN1C(=O)CCN1CCCCCC1=O. The molecular weight excluding hydrogens is 260 g/mol. The Morgan fingerprint density at radius 1 is 1.15 bits per heavy atom. The molecule has 0 unspecified atom stereocenters. The van der Waals surface area contributed by atoms with Crippen LogP contribution in [0.15, 0.2) is 0 Å². The molecule has 0 aromatic carbocycles. The van der Waals surface area contributed by atoms with Crippen LogP contribution in [0.25, 0.3) is 0 Å². The molecule has 0 radical (unpaired) electrons. The summed E-state index contributed by atoms with van der Waals surface area (Å²) in [5.74, 6) is -0.958. The highest BCUT2D eigenvalue weighted by Gasteiger charge is 2.33. The standard InChI is InChI=1S/C14H22N2O4/c17-12-6-2-1-3-8-15(12)10-7-13(18)16-9-4-5-11(16)14(19)20/h11H,1-10H2,(H,19,20)/t11-/m1/s1. The lowest BCUT2D eigenvalue weighted by atomic mass is 10.2. The number of carbonyl (C=O) groups is 3. The smallest absolute Gasteiger partial charge is 0.326 e. The van der Waals surface area contributed by atoms with Crippen LogP contribution < -0.4 is 0 Å². The first-order valence-corrected chi connectivity index (χ1v) is 7.39. The minimum Gasteiger partial charge on any atom is -0.480 e. The monoisotopic (exact) mass is 282 g/mol. The van der Waals surface area contributed by atoms with Gasteiger partial charge < -0.3 is 14.9 Å². The number of aliphatic carboxylic acids is 1. The maximum absolute atomic E-state index is 12.1. The summed E-state index contributed by atoms with van der Waals surface area (Å²) in [5.41, 5.74) is 0. The Balaban J connectivity index is 1.85. The van der Waals surface area contributed by atoms with Gasteiger partial charge in [0.15, 0.2) is 0 Å². The van der Waals surface area contributed by atoms with Crippen LogP contribution in [0.5, 0.6) is 0 Å². The van der Waals surface area contributed by atoms with Crippen LogP contribution >= 0.6 is 0 Å². The van der Waals surface area contributed by atoms with Crippen molar-refractivity contribution in [2.45, 2.75) is 51.0 Å². The Morgan fingerprint density at radius 3 is 2.70 bits per heavy atom. The summed E-state index contributed by atoms with van der Waals surface area (Å²) in [7, 11) is 0. The topological polar surface area (TPSA) is 77.9 Å². The number of rotatable bonds is 4. The molecule has 0 spiro atoms. The number of carboxylic acid groups (broad SMARTS) is 1. The fourth-order valence-electron chi connectivity index (χ4n) is 2.97. The second-order valence-electron chi connectivity index (χ2n) is 5.52. The Labute approximate surface area is 118 Å². The predicted octanol–water partition coefficient (Wildman–Crippen LogP) is 0.855. The summed E-state index contributed by atoms with van der Waals surface area (Å²) in [6.45, 7) is 1.65. The van der Waals surface area contributed by atoms with E-state index in [2.05, 4.69) is 0 Å². The van der Waals surface area contributed by atoms with Gasteiger partial charge >= 0.3 is 5.97 Å². The van der Waals surface area contributed by atoms with Crippen LogP contribution in [0.3, 0.4) is 0 Å². The van der Waals surface area contributed by atoms with E-state index >= 15 is 0 Å². The van der Waals surface area contributed by atoms with Gasteiger partial charge in [-0.15, -0.1) is 0 Å². The van der Waals surface area contributed by atoms with Crippen molar-refractivity contribution >= 4 is 17.8 Å². The summed E-state index contributed by atoms with van der Waals surface area (Å²) < 4.78 is 0. The maximum atomic E-state index is 12.1. The first-order chi connectivity index (χ1) is 9.59. The van der Waals surface area contributed by atoms with Crippen molar-refractivity contribution in [1.82, 2.24) is 9.80 Å². The zero-order valence-electron chi connectivity index (χ0n) is 11.7. The van der Waals surface area contributed by atoms with Crippen molar-refractivity contribution in [2.24, 2.45) is 0 Å². The fourth-order valence-corrected chi connectivity index (χ4v) is 2.97. The largest absolute Gasteiger partial charge is 0.480 e. The zero-order chi connectivity index (χ0) is 14.5. The molecule has 0 aromatic rings. The van der Waals surface area contributed by atoms with Crippen LogP contribution in [-0.4, -0.2) is 58.4 Å². The molecule has 2 aliphatic rings. The molecular formula is C14H22N2O4. The van der Waals surface area contributed by atoms with E-state index in [9.17, 15) is 14.4 Å². The average Bonchev–Trinajstić information content (AvgIpc) is 2.82. The zero-order valence-corrected chi connectivity index (χ0v) is 11.7. The Morgan fingerprint density at radius 2 is 1.95 bits per heavy atom. The third-order valence-corrected chi connectivity index (χ3v) is 4.13. The Bertz CT molecular complexity index is 397. The molecule has 2 saturated heterocycles. The lowest BCUT2D eigenvalue weighted by Crippen LogP contribution is -2.42. The third-order valence-electron chi connectivity index (χ3n) is 4.13. The molecule has 6 nitrogen and oxygen atoms in total. The highest BCUT2D eigenvalue weighted by atomic mass is 16.4. The molecule has 1 N–H and O–H groups in total. The van der Waals surface area contributed by atoms with E-state index in [1.54, 1.807) is 4.90 Å². The molecule has 2 fully saturated rings. The van der Waals surface area contributed by atoms with Gasteiger partial charge in [0.2, 0.25) is 11.8 Å². The Hall–Kier alpha value is -1.59. The number of hydrogen-bond acceptors (Lipinski definition) is 3. The van der Waals surface area contributed by atoms with Gasteiger partial charge in [-0.05, 0) is 25.7 Å². The lowest BCUT2D eigenvalue weighted by molar-refractivity contribution is -0.148. The predicted molar refractivity (Wildman–Crippen MR) is 72.0 cm³/mol. The van der Waals surface area contributed by atoms with Crippen LogP contribution in [0.2, 0.25) is 0 Å². The number of hydrogen-bond donors (Lipinski definition) is 1. The fraction of sp³-hybridized carbons (Fsp3) is 0.786. The molecule has 112 valence electrons. The van der Waals surface area contributed by atoms with Crippen LogP contribution in [0.4, 0.5) is 0 Å². The third kappa shape index (κ3) is 3.49. The van der Waals surface area contributed by atoms with E-state index in [1.165, 1.54) is 4.90 Å². The van der Waals surface area contributed by atoms with Gasteiger partial charge in [-0.3, -0.25) is 9.59 Å². The molecule has 0 aromatic heterocycles. The summed E-state index contributed by atoms with van der Waals surface area (Å²) in [4.78, 5) is 38.2. The van der Waals surface area contributed by atoms with E-state index in [-0.39, 0.29) is 18.2 Å². The normalized spacial score (nSPS) is 23.8. The summed E-state index contributed by atoms with van der Waals surface area (Å²) in [5, 5.41) is 9.07. The van der Waals surface area contributed by atoms with E-state index in [1.807, 2.05) is 0 Å². The first kappa shape index (κ1) is 14.8. The summed E-state index contributed by atoms with van der Waals surface area (Å²) in [6.07, 6.45) is 5.04. The lowest BCUT2D eigenvalue weighted by Gasteiger charge is -2.24. The molecule has 0 aliphatic carbocycles. The van der Waals surface area contributed by atoms with Crippen molar-refractivity contribution in [3.63, 3.8) is 0 Å². The summed E-state index contributed by atoms with van der Waals surface area (Å²) in [6, 6.07) is -0.678. The molecule has 20 heavy (non-hydrogen) atoms.